The first-order chi connectivity index (χ1) is 16.2. The normalized spacial score (nSPS) is 17.6. The summed E-state index contributed by atoms with van der Waals surface area (Å²) in [5.74, 6) is -2.69. The van der Waals surface area contributed by atoms with Crippen molar-refractivity contribution in [2.75, 3.05) is 12.0 Å². The van der Waals surface area contributed by atoms with Gasteiger partial charge >= 0.3 is 6.36 Å². The fraction of sp³-hybridized carbons (Fsp3) is 0.125. The molecule has 7 nitrogen and oxygen atoms in total. The van der Waals surface area contributed by atoms with Crippen molar-refractivity contribution in [2.24, 2.45) is 0 Å². The Morgan fingerprint density at radius 3 is 2.41 bits per heavy atom. The SMILES string of the molecule is COc1cccc(/C(O)=C2\C(=O)C(=O)N(c3cccc(OC(F)(F)F)c3)C2c2ccccn2)c1. The first kappa shape index (κ1) is 22.8. The van der Waals surface area contributed by atoms with Crippen LogP contribution in [0.4, 0.5) is 18.9 Å². The molecule has 34 heavy (non-hydrogen) atoms. The maximum Gasteiger partial charge on any atom is 0.573 e. The predicted octanol–water partition coefficient (Wildman–Crippen LogP) is 4.62. The Balaban J connectivity index is 1.89. The second kappa shape index (κ2) is 8.89. The third-order valence-electron chi connectivity index (χ3n) is 5.08. The molecular formula is C24H17F3N2O5. The molecule has 174 valence electrons. The summed E-state index contributed by atoms with van der Waals surface area (Å²) in [5, 5.41) is 11.1. The van der Waals surface area contributed by atoms with Crippen LogP contribution in [0.25, 0.3) is 5.76 Å². The minimum atomic E-state index is -4.94. The molecule has 0 bridgehead atoms. The van der Waals surface area contributed by atoms with E-state index in [1.54, 1.807) is 30.3 Å². The number of benzene rings is 2. The quantitative estimate of drug-likeness (QED) is 0.333. The van der Waals surface area contributed by atoms with E-state index in [2.05, 4.69) is 9.72 Å². The molecule has 0 spiro atoms. The summed E-state index contributed by atoms with van der Waals surface area (Å²) in [4.78, 5) is 31.4. The van der Waals surface area contributed by atoms with Gasteiger partial charge < -0.3 is 14.6 Å². The van der Waals surface area contributed by atoms with Crippen LogP contribution in [0, 0.1) is 0 Å². The van der Waals surface area contributed by atoms with E-state index >= 15 is 0 Å². The molecule has 1 saturated heterocycles. The predicted molar refractivity (Wildman–Crippen MR) is 115 cm³/mol. The number of carbonyl (C=O) groups excluding carboxylic acids is 2. The number of aliphatic hydroxyl groups is 1. The van der Waals surface area contributed by atoms with Gasteiger partial charge in [-0.25, -0.2) is 0 Å². The summed E-state index contributed by atoms with van der Waals surface area (Å²) in [6.45, 7) is 0. The van der Waals surface area contributed by atoms with Gasteiger partial charge in [-0.15, -0.1) is 13.2 Å². The van der Waals surface area contributed by atoms with E-state index in [-0.39, 0.29) is 22.5 Å². The van der Waals surface area contributed by atoms with Gasteiger partial charge in [0.1, 0.15) is 23.3 Å². The maximum atomic E-state index is 13.1. The number of aliphatic hydroxyl groups excluding tert-OH is 1. The van der Waals surface area contributed by atoms with Crippen molar-refractivity contribution in [3.63, 3.8) is 0 Å². The molecule has 10 heteroatoms. The van der Waals surface area contributed by atoms with E-state index in [1.165, 1.54) is 37.6 Å². The molecule has 1 unspecified atom stereocenters. The Hall–Kier alpha value is -4.34. The lowest BCUT2D eigenvalue weighted by molar-refractivity contribution is -0.274. The summed E-state index contributed by atoms with van der Waals surface area (Å²) >= 11 is 0. The van der Waals surface area contributed by atoms with Crippen LogP contribution in [-0.4, -0.2) is 35.3 Å². The van der Waals surface area contributed by atoms with Crippen LogP contribution >= 0.6 is 0 Å². The molecule has 1 atom stereocenters. The zero-order chi connectivity index (χ0) is 24.5. The number of hydrogen-bond donors (Lipinski definition) is 1. The molecule has 1 aliphatic heterocycles. The van der Waals surface area contributed by atoms with Crippen LogP contribution in [0.5, 0.6) is 11.5 Å². The van der Waals surface area contributed by atoms with E-state index in [4.69, 9.17) is 4.74 Å². The van der Waals surface area contributed by atoms with Crippen LogP contribution in [0.3, 0.4) is 0 Å². The van der Waals surface area contributed by atoms with E-state index in [1.807, 2.05) is 0 Å². The highest BCUT2D eigenvalue weighted by Crippen LogP contribution is 2.42. The molecule has 1 aromatic heterocycles. The molecule has 1 fully saturated rings. The fourth-order valence-electron chi connectivity index (χ4n) is 3.67. The Bertz CT molecular complexity index is 1270. The van der Waals surface area contributed by atoms with Crippen LogP contribution in [0.1, 0.15) is 17.3 Å². The topological polar surface area (TPSA) is 89.0 Å². The number of halogens is 3. The fourth-order valence-corrected chi connectivity index (χ4v) is 3.67. The van der Waals surface area contributed by atoms with Crippen molar-refractivity contribution < 1.29 is 37.3 Å². The summed E-state index contributed by atoms with van der Waals surface area (Å²) in [7, 11) is 1.43. The van der Waals surface area contributed by atoms with Gasteiger partial charge in [-0.2, -0.15) is 0 Å². The number of rotatable bonds is 5. The number of alkyl halides is 3. The first-order valence-corrected chi connectivity index (χ1v) is 9.92. The number of carbonyl (C=O) groups is 2. The first-order valence-electron chi connectivity index (χ1n) is 9.92. The van der Waals surface area contributed by atoms with Gasteiger partial charge in [0.25, 0.3) is 11.7 Å². The number of hydrogen-bond acceptors (Lipinski definition) is 6. The van der Waals surface area contributed by atoms with Crippen molar-refractivity contribution in [2.45, 2.75) is 12.4 Å². The number of anilines is 1. The van der Waals surface area contributed by atoms with Crippen molar-refractivity contribution in [1.82, 2.24) is 4.98 Å². The van der Waals surface area contributed by atoms with Gasteiger partial charge in [0, 0.05) is 23.5 Å². The Morgan fingerprint density at radius 1 is 1.00 bits per heavy atom. The summed E-state index contributed by atoms with van der Waals surface area (Å²) < 4.78 is 47.3. The highest BCUT2D eigenvalue weighted by molar-refractivity contribution is 6.51. The molecule has 0 saturated carbocycles. The molecule has 1 aliphatic rings. The highest BCUT2D eigenvalue weighted by Gasteiger charge is 2.47. The van der Waals surface area contributed by atoms with Gasteiger partial charge in [0.2, 0.25) is 0 Å². The van der Waals surface area contributed by atoms with Gasteiger partial charge in [-0.1, -0.05) is 24.3 Å². The maximum absolute atomic E-state index is 13.1. The second-order valence-electron chi connectivity index (χ2n) is 7.20. The number of pyridine rings is 1. The summed E-state index contributed by atoms with van der Waals surface area (Å²) in [5.41, 5.74) is 0.143. The number of Topliss-reactive ketones (excluding diaryl/α,β-unsaturated/α-hetero) is 1. The molecule has 2 aromatic carbocycles. The number of nitrogens with zero attached hydrogens (tertiary/aromatic N) is 2. The number of ether oxygens (including phenoxy) is 2. The average molecular weight is 470 g/mol. The summed E-state index contributed by atoms with van der Waals surface area (Å²) in [6, 6.07) is 14.5. The monoisotopic (exact) mass is 470 g/mol. The Kier molecular flexibility index (Phi) is 5.97. The minimum absolute atomic E-state index is 0.0378. The molecule has 0 aliphatic carbocycles. The second-order valence-corrected chi connectivity index (χ2v) is 7.20. The molecule has 4 rings (SSSR count). The molecule has 0 radical (unpaired) electrons. The zero-order valence-corrected chi connectivity index (χ0v) is 17.6. The van der Waals surface area contributed by atoms with Crippen LogP contribution < -0.4 is 14.4 Å². The number of ketones is 1. The van der Waals surface area contributed by atoms with Crippen molar-refractivity contribution in [1.29, 1.82) is 0 Å². The van der Waals surface area contributed by atoms with Crippen molar-refractivity contribution in [3.05, 3.63) is 89.8 Å². The number of amides is 1. The Morgan fingerprint density at radius 2 is 1.74 bits per heavy atom. The lowest BCUT2D eigenvalue weighted by Gasteiger charge is -2.25. The van der Waals surface area contributed by atoms with Gasteiger partial charge in [0.15, 0.2) is 0 Å². The van der Waals surface area contributed by atoms with E-state index in [0.717, 1.165) is 17.0 Å². The molecule has 2 heterocycles. The molecule has 1 amide bonds. The lowest BCUT2D eigenvalue weighted by atomic mass is 9.98. The van der Waals surface area contributed by atoms with E-state index in [0.29, 0.717) is 5.75 Å². The highest BCUT2D eigenvalue weighted by atomic mass is 19.4. The molecular weight excluding hydrogens is 453 g/mol. The van der Waals surface area contributed by atoms with Crippen molar-refractivity contribution >= 4 is 23.1 Å². The van der Waals surface area contributed by atoms with E-state index in [9.17, 15) is 27.9 Å². The third-order valence-corrected chi connectivity index (χ3v) is 5.08. The molecule has 1 N–H and O–H groups in total. The van der Waals surface area contributed by atoms with E-state index < -0.39 is 35.6 Å². The smallest absolute Gasteiger partial charge is 0.507 e. The van der Waals surface area contributed by atoms with Gasteiger partial charge in [0.05, 0.1) is 18.4 Å². The number of methoxy groups -OCH3 is 1. The minimum Gasteiger partial charge on any atom is -0.507 e. The van der Waals surface area contributed by atoms with Crippen LogP contribution in [0.15, 0.2) is 78.5 Å². The van der Waals surface area contributed by atoms with Crippen molar-refractivity contribution in [3.8, 4) is 11.5 Å². The van der Waals surface area contributed by atoms with Crippen LogP contribution in [0.2, 0.25) is 0 Å². The summed E-state index contributed by atoms with van der Waals surface area (Å²) in [6.07, 6.45) is -3.51. The molecule has 3 aromatic rings. The lowest BCUT2D eigenvalue weighted by Crippen LogP contribution is -2.30. The van der Waals surface area contributed by atoms with Gasteiger partial charge in [-0.05, 0) is 36.4 Å². The number of aromatic nitrogens is 1. The zero-order valence-electron chi connectivity index (χ0n) is 17.6. The van der Waals surface area contributed by atoms with Gasteiger partial charge in [-0.3, -0.25) is 19.5 Å². The Labute approximate surface area is 191 Å². The third kappa shape index (κ3) is 4.42. The van der Waals surface area contributed by atoms with Crippen LogP contribution in [-0.2, 0) is 9.59 Å². The largest absolute Gasteiger partial charge is 0.573 e. The standard InChI is InChI=1S/C24H17F3N2O5/c1-33-16-8-4-6-14(12-16)21(30)19-20(18-10-2-3-11-28-18)29(23(32)22(19)31)15-7-5-9-17(13-15)34-24(25,26)27/h2-13,20,30H,1H3/b21-19+. The average Bonchev–Trinajstić information content (AvgIpc) is 3.08.